The van der Waals surface area contributed by atoms with E-state index >= 15 is 0 Å². The summed E-state index contributed by atoms with van der Waals surface area (Å²) in [6.07, 6.45) is -9.61. The van der Waals surface area contributed by atoms with Crippen molar-refractivity contribution in [3.05, 3.63) is 23.0 Å². The van der Waals surface area contributed by atoms with Crippen LogP contribution < -0.4 is 0 Å². The number of pyridine rings is 1. The number of aromatic nitrogens is 1. The van der Waals surface area contributed by atoms with Gasteiger partial charge in [0.25, 0.3) is 6.43 Å². The molecule has 0 amide bonds. The van der Waals surface area contributed by atoms with Crippen LogP contribution in [-0.2, 0) is 17.4 Å². The fourth-order valence-electron chi connectivity index (χ4n) is 1.37. The number of hydrogen-bond acceptors (Lipinski definition) is 3. The first-order valence-corrected chi connectivity index (χ1v) is 4.42. The number of carbonyl (C=O) groups is 1. The Labute approximate surface area is 96.7 Å². The SMILES string of the molecule is O=C(O)Cc1c(C(F)(F)F)ncc(O)c1C(F)F. The summed E-state index contributed by atoms with van der Waals surface area (Å²) < 4.78 is 62.6. The van der Waals surface area contributed by atoms with Crippen molar-refractivity contribution in [2.24, 2.45) is 0 Å². The Balaban J connectivity index is 3.54. The van der Waals surface area contributed by atoms with Crippen LogP contribution in [0.2, 0.25) is 0 Å². The number of carboxylic acid groups (broad SMARTS) is 1. The number of nitrogens with zero attached hydrogens (tertiary/aromatic N) is 1. The summed E-state index contributed by atoms with van der Waals surface area (Å²) in [4.78, 5) is 13.2. The summed E-state index contributed by atoms with van der Waals surface area (Å²) in [5, 5.41) is 17.5. The van der Waals surface area contributed by atoms with Crippen LogP contribution in [0.15, 0.2) is 6.20 Å². The van der Waals surface area contributed by atoms with Gasteiger partial charge in [0, 0.05) is 5.56 Å². The number of carboxylic acids is 1. The Bertz CT molecular complexity index is 472. The molecule has 0 bridgehead atoms. The maximum atomic E-state index is 12.6. The molecule has 0 aliphatic rings. The summed E-state index contributed by atoms with van der Waals surface area (Å²) in [6.45, 7) is 0. The van der Waals surface area contributed by atoms with E-state index in [1.54, 1.807) is 0 Å². The lowest BCUT2D eigenvalue weighted by atomic mass is 10.0. The van der Waals surface area contributed by atoms with Gasteiger partial charge in [-0.05, 0) is 0 Å². The average molecular weight is 271 g/mol. The molecule has 0 saturated carbocycles. The van der Waals surface area contributed by atoms with Gasteiger partial charge in [0.05, 0.1) is 18.2 Å². The van der Waals surface area contributed by atoms with Crippen molar-refractivity contribution in [2.45, 2.75) is 19.0 Å². The Kier molecular flexibility index (Phi) is 3.73. The summed E-state index contributed by atoms with van der Waals surface area (Å²) in [7, 11) is 0. The molecule has 18 heavy (non-hydrogen) atoms. The molecule has 0 spiro atoms. The fraction of sp³-hybridized carbons (Fsp3) is 0.333. The third-order valence-electron chi connectivity index (χ3n) is 2.02. The molecule has 1 heterocycles. The molecule has 9 heteroatoms. The van der Waals surface area contributed by atoms with Crippen molar-refractivity contribution < 1.29 is 37.0 Å². The standard InChI is InChI=1S/C9H6F5NO3/c10-8(11)6-3(1-5(17)18)7(9(12,13)14)15-2-4(6)16/h2,8,16H,1H2,(H,17,18). The van der Waals surface area contributed by atoms with E-state index in [9.17, 15) is 26.7 Å². The highest BCUT2D eigenvalue weighted by molar-refractivity contribution is 5.71. The van der Waals surface area contributed by atoms with Crippen LogP contribution in [0.5, 0.6) is 5.75 Å². The number of aliphatic carboxylic acids is 1. The average Bonchev–Trinajstić information content (AvgIpc) is 2.13. The Morgan fingerprint density at radius 1 is 1.39 bits per heavy atom. The van der Waals surface area contributed by atoms with Crippen LogP contribution >= 0.6 is 0 Å². The number of alkyl halides is 5. The maximum absolute atomic E-state index is 12.6. The fourth-order valence-corrected chi connectivity index (χ4v) is 1.37. The molecule has 0 atom stereocenters. The first-order valence-electron chi connectivity index (χ1n) is 4.42. The topological polar surface area (TPSA) is 70.4 Å². The van der Waals surface area contributed by atoms with Crippen LogP contribution in [-0.4, -0.2) is 21.2 Å². The van der Waals surface area contributed by atoms with Gasteiger partial charge in [-0.3, -0.25) is 4.79 Å². The second-order valence-electron chi connectivity index (χ2n) is 3.25. The van der Waals surface area contributed by atoms with E-state index in [2.05, 4.69) is 4.98 Å². The quantitative estimate of drug-likeness (QED) is 0.828. The van der Waals surface area contributed by atoms with Gasteiger partial charge in [-0.25, -0.2) is 13.8 Å². The van der Waals surface area contributed by atoms with E-state index in [4.69, 9.17) is 10.2 Å². The predicted octanol–water partition coefficient (Wildman–Crippen LogP) is 2.37. The van der Waals surface area contributed by atoms with Crippen molar-refractivity contribution in [3.63, 3.8) is 0 Å². The lowest BCUT2D eigenvalue weighted by molar-refractivity contribution is -0.142. The smallest absolute Gasteiger partial charge is 0.433 e. The van der Waals surface area contributed by atoms with Crippen molar-refractivity contribution in [3.8, 4) is 5.75 Å². The number of aromatic hydroxyl groups is 1. The highest BCUT2D eigenvalue weighted by Crippen LogP contribution is 2.38. The lowest BCUT2D eigenvalue weighted by Gasteiger charge is -2.15. The minimum Gasteiger partial charge on any atom is -0.506 e. The molecular formula is C9H6F5NO3. The molecule has 1 aromatic rings. The van der Waals surface area contributed by atoms with E-state index in [-0.39, 0.29) is 6.20 Å². The normalized spacial score (nSPS) is 11.9. The Morgan fingerprint density at radius 2 is 1.94 bits per heavy atom. The van der Waals surface area contributed by atoms with Crippen LogP contribution in [0.3, 0.4) is 0 Å². The second kappa shape index (κ2) is 4.75. The molecule has 100 valence electrons. The molecule has 0 aliphatic heterocycles. The number of rotatable bonds is 3. The molecule has 0 aliphatic carbocycles. The van der Waals surface area contributed by atoms with E-state index in [0.717, 1.165) is 0 Å². The van der Waals surface area contributed by atoms with E-state index in [0.29, 0.717) is 0 Å². The summed E-state index contributed by atoms with van der Waals surface area (Å²) in [5.41, 5.74) is -4.33. The zero-order valence-electron chi connectivity index (χ0n) is 8.50. The van der Waals surface area contributed by atoms with Crippen LogP contribution in [0, 0.1) is 0 Å². The summed E-state index contributed by atoms with van der Waals surface area (Å²) in [5.74, 6) is -2.91. The zero-order chi connectivity index (χ0) is 14.1. The molecule has 0 fully saturated rings. The van der Waals surface area contributed by atoms with Gasteiger partial charge in [-0.15, -0.1) is 0 Å². The van der Waals surface area contributed by atoms with Gasteiger partial charge in [0.15, 0.2) is 0 Å². The molecule has 0 radical (unpaired) electrons. The summed E-state index contributed by atoms with van der Waals surface area (Å²) in [6, 6.07) is 0. The van der Waals surface area contributed by atoms with Gasteiger partial charge < -0.3 is 10.2 Å². The van der Waals surface area contributed by atoms with Crippen LogP contribution in [0.1, 0.15) is 23.2 Å². The van der Waals surface area contributed by atoms with E-state index in [1.807, 2.05) is 0 Å². The van der Waals surface area contributed by atoms with Crippen molar-refractivity contribution in [1.29, 1.82) is 0 Å². The highest BCUT2D eigenvalue weighted by Gasteiger charge is 2.39. The Morgan fingerprint density at radius 3 is 2.33 bits per heavy atom. The van der Waals surface area contributed by atoms with Crippen LogP contribution in [0.4, 0.5) is 22.0 Å². The molecule has 4 nitrogen and oxygen atoms in total. The number of halogens is 5. The molecule has 0 aromatic carbocycles. The Hall–Kier alpha value is -1.93. The minimum absolute atomic E-state index is 0.218. The molecule has 0 saturated heterocycles. The van der Waals surface area contributed by atoms with E-state index in [1.165, 1.54) is 0 Å². The second-order valence-corrected chi connectivity index (χ2v) is 3.25. The zero-order valence-corrected chi connectivity index (χ0v) is 8.50. The van der Waals surface area contributed by atoms with Gasteiger partial charge in [0.1, 0.15) is 11.4 Å². The molecular weight excluding hydrogens is 265 g/mol. The van der Waals surface area contributed by atoms with Crippen LogP contribution in [0.25, 0.3) is 0 Å². The third-order valence-corrected chi connectivity index (χ3v) is 2.02. The van der Waals surface area contributed by atoms with Gasteiger partial charge in [0.2, 0.25) is 0 Å². The molecule has 0 unspecified atom stereocenters. The molecule has 2 N–H and O–H groups in total. The third kappa shape index (κ3) is 2.84. The van der Waals surface area contributed by atoms with Gasteiger partial charge >= 0.3 is 12.1 Å². The highest BCUT2D eigenvalue weighted by atomic mass is 19.4. The maximum Gasteiger partial charge on any atom is 0.433 e. The summed E-state index contributed by atoms with van der Waals surface area (Å²) >= 11 is 0. The molecule has 1 rings (SSSR count). The van der Waals surface area contributed by atoms with Crippen molar-refractivity contribution in [2.75, 3.05) is 0 Å². The first-order chi connectivity index (χ1) is 8.14. The van der Waals surface area contributed by atoms with Crippen molar-refractivity contribution >= 4 is 5.97 Å². The van der Waals surface area contributed by atoms with E-state index < -0.39 is 47.6 Å². The van der Waals surface area contributed by atoms with Gasteiger partial charge in [-0.1, -0.05) is 0 Å². The first kappa shape index (κ1) is 14.1. The monoisotopic (exact) mass is 271 g/mol. The number of hydrogen-bond donors (Lipinski definition) is 2. The largest absolute Gasteiger partial charge is 0.506 e. The molecule has 1 aromatic heterocycles. The predicted molar refractivity (Wildman–Crippen MR) is 47.2 cm³/mol. The minimum atomic E-state index is -5.08. The lowest BCUT2D eigenvalue weighted by Crippen LogP contribution is -2.17. The van der Waals surface area contributed by atoms with Gasteiger partial charge in [-0.2, -0.15) is 13.2 Å². The van der Waals surface area contributed by atoms with Crippen molar-refractivity contribution in [1.82, 2.24) is 4.98 Å².